The lowest BCUT2D eigenvalue weighted by Crippen LogP contribution is -2.50. The number of carbonyl (C=O) groups excluding carboxylic acids is 1. The Hall–Kier alpha value is -2.11. The highest BCUT2D eigenvalue weighted by atomic mass is 16.5. The van der Waals surface area contributed by atoms with Crippen molar-refractivity contribution in [1.82, 2.24) is 4.90 Å². The van der Waals surface area contributed by atoms with Gasteiger partial charge in [-0.1, -0.05) is 6.07 Å². The number of furan rings is 1. The van der Waals surface area contributed by atoms with E-state index in [0.29, 0.717) is 13.2 Å². The molecule has 1 aromatic carbocycles. The molecule has 5 nitrogen and oxygen atoms in total. The van der Waals surface area contributed by atoms with Crippen molar-refractivity contribution >= 4 is 11.6 Å². The summed E-state index contributed by atoms with van der Waals surface area (Å²) in [6.07, 6.45) is 4.48. The van der Waals surface area contributed by atoms with Gasteiger partial charge in [-0.05, 0) is 61.1 Å². The molecule has 2 aromatic rings. The number of amides is 1. The summed E-state index contributed by atoms with van der Waals surface area (Å²) < 4.78 is 10.9. The second kappa shape index (κ2) is 6.25. The summed E-state index contributed by atoms with van der Waals surface area (Å²) in [5.74, 6) is 1.97. The van der Waals surface area contributed by atoms with Crippen LogP contribution in [0.1, 0.15) is 35.5 Å². The van der Waals surface area contributed by atoms with Crippen LogP contribution in [0.15, 0.2) is 34.7 Å². The van der Waals surface area contributed by atoms with Gasteiger partial charge < -0.3 is 14.1 Å². The van der Waals surface area contributed by atoms with Crippen LogP contribution in [0.2, 0.25) is 0 Å². The van der Waals surface area contributed by atoms with E-state index < -0.39 is 0 Å². The number of aryl methyl sites for hydroxylation is 2. The summed E-state index contributed by atoms with van der Waals surface area (Å²) >= 11 is 0. The molecule has 2 atom stereocenters. The smallest absolute Gasteiger partial charge is 0.244 e. The van der Waals surface area contributed by atoms with Crippen LogP contribution in [0.25, 0.3) is 0 Å². The van der Waals surface area contributed by atoms with Crippen molar-refractivity contribution in [1.29, 1.82) is 0 Å². The van der Waals surface area contributed by atoms with Gasteiger partial charge in [0.1, 0.15) is 18.1 Å². The van der Waals surface area contributed by atoms with Crippen LogP contribution in [0.4, 0.5) is 5.69 Å². The monoisotopic (exact) mass is 352 g/mol. The third-order valence-corrected chi connectivity index (χ3v) is 5.99. The van der Waals surface area contributed by atoms with E-state index in [1.165, 1.54) is 24.0 Å². The van der Waals surface area contributed by atoms with E-state index in [4.69, 9.17) is 9.15 Å². The zero-order chi connectivity index (χ0) is 17.7. The number of ether oxygens (including phenoxy) is 1. The number of methoxy groups -OCH3 is 1. The molecule has 0 saturated carbocycles. The van der Waals surface area contributed by atoms with Crippen molar-refractivity contribution < 1.29 is 13.9 Å². The van der Waals surface area contributed by atoms with E-state index in [9.17, 15) is 4.79 Å². The van der Waals surface area contributed by atoms with E-state index in [-0.39, 0.29) is 18.0 Å². The van der Waals surface area contributed by atoms with E-state index in [2.05, 4.69) is 23.1 Å². The highest BCUT2D eigenvalue weighted by Crippen LogP contribution is 2.38. The zero-order valence-electron chi connectivity index (χ0n) is 15.1. The molecule has 5 rings (SSSR count). The highest BCUT2D eigenvalue weighted by Gasteiger charge is 2.50. The molecule has 0 radical (unpaired) electrons. The summed E-state index contributed by atoms with van der Waals surface area (Å²) in [6, 6.07) is 10.8. The van der Waals surface area contributed by atoms with Crippen molar-refractivity contribution in [3.63, 3.8) is 0 Å². The Morgan fingerprint density at radius 3 is 2.85 bits per heavy atom. The predicted octanol–water partition coefficient (Wildman–Crippen LogP) is 2.90. The SMILES string of the molecule is COCc1ccc(CN2C[C@@H]3C[C@H]2C(=O)N3c2ccc3c(c2)CCC3)o1. The lowest BCUT2D eigenvalue weighted by atomic mass is 10.1. The number of likely N-dealkylation sites (tertiary alicyclic amines) is 1. The minimum absolute atomic E-state index is 0.0239. The van der Waals surface area contributed by atoms with Crippen LogP contribution in [0.3, 0.4) is 0 Å². The number of hydrogen-bond acceptors (Lipinski definition) is 4. The lowest BCUT2D eigenvalue weighted by molar-refractivity contribution is -0.122. The van der Waals surface area contributed by atoms with Crippen molar-refractivity contribution in [2.75, 3.05) is 18.6 Å². The summed E-state index contributed by atoms with van der Waals surface area (Å²) in [6.45, 7) is 2.08. The van der Waals surface area contributed by atoms with E-state index in [1.807, 2.05) is 17.0 Å². The standard InChI is InChI=1S/C21H24N2O3/c1-25-13-19-8-7-18(26-19)12-22-11-17-10-20(22)21(24)23(17)16-6-5-14-3-2-4-15(14)9-16/h5-9,17,20H,2-4,10-13H2,1H3/t17-,20-/m0/s1. The Morgan fingerprint density at radius 2 is 2.00 bits per heavy atom. The van der Waals surface area contributed by atoms with Gasteiger partial charge >= 0.3 is 0 Å². The number of hydrogen-bond donors (Lipinski definition) is 0. The molecule has 0 spiro atoms. The number of carbonyl (C=O) groups is 1. The van der Waals surface area contributed by atoms with Crippen molar-refractivity contribution in [2.24, 2.45) is 0 Å². The first-order chi connectivity index (χ1) is 12.7. The fourth-order valence-corrected chi connectivity index (χ4v) is 4.81. The molecule has 0 N–H and O–H groups in total. The second-order valence-corrected chi connectivity index (χ2v) is 7.65. The molecule has 2 saturated heterocycles. The number of piperazine rings is 1. The van der Waals surface area contributed by atoms with E-state index in [1.54, 1.807) is 7.11 Å². The van der Waals surface area contributed by atoms with Crippen LogP contribution < -0.4 is 4.90 Å². The number of benzene rings is 1. The third-order valence-electron chi connectivity index (χ3n) is 5.99. The van der Waals surface area contributed by atoms with Gasteiger partial charge in [0, 0.05) is 19.3 Å². The van der Waals surface area contributed by atoms with Crippen molar-refractivity contribution in [2.45, 2.75) is 50.9 Å². The highest BCUT2D eigenvalue weighted by molar-refractivity contribution is 6.01. The van der Waals surface area contributed by atoms with Crippen LogP contribution >= 0.6 is 0 Å². The molecule has 5 heteroatoms. The quantitative estimate of drug-likeness (QED) is 0.830. The average molecular weight is 352 g/mol. The first-order valence-corrected chi connectivity index (χ1v) is 9.48. The number of nitrogens with zero attached hydrogens (tertiary/aromatic N) is 2. The predicted molar refractivity (Wildman–Crippen MR) is 98.0 cm³/mol. The largest absolute Gasteiger partial charge is 0.462 e. The van der Waals surface area contributed by atoms with Gasteiger partial charge in [0.05, 0.1) is 18.6 Å². The minimum atomic E-state index is -0.0239. The molecule has 136 valence electrons. The Morgan fingerprint density at radius 1 is 1.15 bits per heavy atom. The van der Waals surface area contributed by atoms with Gasteiger partial charge in [0.2, 0.25) is 5.91 Å². The van der Waals surface area contributed by atoms with Crippen molar-refractivity contribution in [3.8, 4) is 0 Å². The summed E-state index contributed by atoms with van der Waals surface area (Å²) in [5.41, 5.74) is 3.97. The number of rotatable bonds is 5. The molecule has 3 heterocycles. The molecular formula is C21H24N2O3. The van der Waals surface area contributed by atoms with Gasteiger partial charge in [-0.15, -0.1) is 0 Å². The van der Waals surface area contributed by atoms with Gasteiger partial charge in [0.15, 0.2) is 0 Å². The summed E-state index contributed by atoms with van der Waals surface area (Å²) in [5, 5.41) is 0. The van der Waals surface area contributed by atoms with Crippen LogP contribution in [-0.4, -0.2) is 36.5 Å². The Bertz CT molecular complexity index is 844. The maximum atomic E-state index is 13.0. The molecule has 0 unspecified atom stereocenters. The molecule has 1 aliphatic carbocycles. The Kier molecular flexibility index (Phi) is 3.87. The van der Waals surface area contributed by atoms with Crippen LogP contribution in [-0.2, 0) is 35.5 Å². The molecular weight excluding hydrogens is 328 g/mol. The molecule has 1 amide bonds. The van der Waals surface area contributed by atoms with Crippen LogP contribution in [0, 0.1) is 0 Å². The van der Waals surface area contributed by atoms with Gasteiger partial charge in [-0.2, -0.15) is 0 Å². The molecule has 26 heavy (non-hydrogen) atoms. The maximum absolute atomic E-state index is 13.0. The average Bonchev–Trinajstić information content (AvgIpc) is 3.39. The van der Waals surface area contributed by atoms with Gasteiger partial charge in [-0.3, -0.25) is 9.69 Å². The fourth-order valence-electron chi connectivity index (χ4n) is 4.81. The molecule has 2 fully saturated rings. The third kappa shape index (κ3) is 2.58. The second-order valence-electron chi connectivity index (χ2n) is 7.65. The number of fused-ring (bicyclic) bond motifs is 3. The number of anilines is 1. The topological polar surface area (TPSA) is 45.9 Å². The first kappa shape index (κ1) is 16.1. The van der Waals surface area contributed by atoms with Gasteiger partial charge in [0.25, 0.3) is 0 Å². The molecule has 1 aromatic heterocycles. The van der Waals surface area contributed by atoms with Crippen LogP contribution in [0.5, 0.6) is 0 Å². The Labute approximate surface area is 153 Å². The molecule has 3 aliphatic rings. The fraction of sp³-hybridized carbons (Fsp3) is 0.476. The van der Waals surface area contributed by atoms with E-state index in [0.717, 1.165) is 36.6 Å². The zero-order valence-corrected chi connectivity index (χ0v) is 15.1. The molecule has 2 bridgehead atoms. The summed E-state index contributed by atoms with van der Waals surface area (Å²) in [4.78, 5) is 17.3. The maximum Gasteiger partial charge on any atom is 0.244 e. The minimum Gasteiger partial charge on any atom is -0.462 e. The van der Waals surface area contributed by atoms with Gasteiger partial charge in [-0.25, -0.2) is 0 Å². The first-order valence-electron chi connectivity index (χ1n) is 9.48. The molecule has 2 aliphatic heterocycles. The van der Waals surface area contributed by atoms with E-state index >= 15 is 0 Å². The van der Waals surface area contributed by atoms with Crippen molar-refractivity contribution in [3.05, 3.63) is 53.0 Å². The Balaban J connectivity index is 1.31. The normalized spacial score (nSPS) is 24.7. The lowest BCUT2D eigenvalue weighted by Gasteiger charge is -2.33. The summed E-state index contributed by atoms with van der Waals surface area (Å²) in [7, 11) is 1.66.